The minimum Gasteiger partial charge on any atom is -0.350 e. The zero-order chi connectivity index (χ0) is 15.2. The standard InChI is InChI=1S/C15H16BrN3O2/c1-11(12-4-7-17-8-5-12)18-14(20)6-9-19-10-13(16)2-3-15(19)21/h2-5,7-8,10-11H,6,9H2,1H3,(H,18,20). The van der Waals surface area contributed by atoms with E-state index < -0.39 is 0 Å². The number of carbonyl (C=O) groups excluding carboxylic acids is 1. The lowest BCUT2D eigenvalue weighted by Crippen LogP contribution is -2.29. The van der Waals surface area contributed by atoms with Crippen LogP contribution in [-0.4, -0.2) is 15.5 Å². The second-order valence-corrected chi connectivity index (χ2v) is 5.61. The van der Waals surface area contributed by atoms with Crippen LogP contribution < -0.4 is 10.9 Å². The van der Waals surface area contributed by atoms with Crippen LogP contribution in [0.5, 0.6) is 0 Å². The molecule has 0 bridgehead atoms. The summed E-state index contributed by atoms with van der Waals surface area (Å²) in [5, 5.41) is 2.91. The van der Waals surface area contributed by atoms with Gasteiger partial charge in [0.2, 0.25) is 5.91 Å². The first kappa shape index (κ1) is 15.4. The number of nitrogens with one attached hydrogen (secondary N) is 1. The van der Waals surface area contributed by atoms with Crippen molar-refractivity contribution in [3.05, 3.63) is 63.2 Å². The minimum atomic E-state index is -0.117. The Kier molecular flexibility index (Phi) is 5.27. The van der Waals surface area contributed by atoms with E-state index in [2.05, 4.69) is 26.2 Å². The van der Waals surface area contributed by atoms with Crippen molar-refractivity contribution in [2.75, 3.05) is 0 Å². The Morgan fingerprint density at radius 3 is 2.76 bits per heavy atom. The second-order valence-electron chi connectivity index (χ2n) is 4.70. The van der Waals surface area contributed by atoms with Gasteiger partial charge in [0.05, 0.1) is 6.04 Å². The van der Waals surface area contributed by atoms with E-state index in [0.29, 0.717) is 6.54 Å². The number of aryl methyl sites for hydroxylation is 1. The molecule has 110 valence electrons. The van der Waals surface area contributed by atoms with Gasteiger partial charge in [0.15, 0.2) is 0 Å². The smallest absolute Gasteiger partial charge is 0.250 e. The maximum Gasteiger partial charge on any atom is 0.250 e. The van der Waals surface area contributed by atoms with Gasteiger partial charge in [-0.05, 0) is 46.6 Å². The molecule has 2 heterocycles. The quantitative estimate of drug-likeness (QED) is 0.900. The fourth-order valence-electron chi connectivity index (χ4n) is 1.95. The van der Waals surface area contributed by atoms with E-state index in [9.17, 15) is 9.59 Å². The Balaban J connectivity index is 1.90. The molecular formula is C15H16BrN3O2. The highest BCUT2D eigenvalue weighted by Gasteiger charge is 2.09. The molecule has 2 aromatic rings. The molecule has 1 amide bonds. The van der Waals surface area contributed by atoms with Crippen LogP contribution in [0.4, 0.5) is 0 Å². The predicted octanol–water partition coefficient (Wildman–Crippen LogP) is 2.27. The summed E-state index contributed by atoms with van der Waals surface area (Å²) in [7, 11) is 0. The summed E-state index contributed by atoms with van der Waals surface area (Å²) in [5.74, 6) is -0.0915. The van der Waals surface area contributed by atoms with Gasteiger partial charge in [0, 0.05) is 42.1 Å². The fourth-order valence-corrected chi connectivity index (χ4v) is 2.33. The molecule has 0 fully saturated rings. The summed E-state index contributed by atoms with van der Waals surface area (Å²) in [6.07, 6.45) is 5.33. The van der Waals surface area contributed by atoms with Gasteiger partial charge in [-0.2, -0.15) is 0 Å². The van der Waals surface area contributed by atoms with Crippen LogP contribution in [-0.2, 0) is 11.3 Å². The SMILES string of the molecule is CC(NC(=O)CCn1cc(Br)ccc1=O)c1ccncc1. The Labute approximate surface area is 131 Å². The number of aromatic nitrogens is 2. The number of amides is 1. The normalized spacial score (nSPS) is 11.9. The van der Waals surface area contributed by atoms with Gasteiger partial charge in [0.25, 0.3) is 5.56 Å². The molecule has 1 atom stereocenters. The van der Waals surface area contributed by atoms with Gasteiger partial charge in [-0.25, -0.2) is 0 Å². The van der Waals surface area contributed by atoms with Crippen molar-refractivity contribution < 1.29 is 4.79 Å². The molecule has 0 aliphatic rings. The van der Waals surface area contributed by atoms with Gasteiger partial charge in [-0.15, -0.1) is 0 Å². The first-order chi connectivity index (χ1) is 10.1. The maximum absolute atomic E-state index is 11.9. The van der Waals surface area contributed by atoms with E-state index in [0.717, 1.165) is 10.0 Å². The Morgan fingerprint density at radius 1 is 1.33 bits per heavy atom. The third-order valence-electron chi connectivity index (χ3n) is 3.11. The summed E-state index contributed by atoms with van der Waals surface area (Å²) in [5.41, 5.74) is 0.881. The number of carbonyl (C=O) groups is 1. The van der Waals surface area contributed by atoms with Crippen molar-refractivity contribution in [3.63, 3.8) is 0 Å². The van der Waals surface area contributed by atoms with E-state index in [1.54, 1.807) is 24.7 Å². The van der Waals surface area contributed by atoms with Crippen molar-refractivity contribution >= 4 is 21.8 Å². The van der Waals surface area contributed by atoms with Crippen LogP contribution in [0.1, 0.15) is 24.9 Å². The number of rotatable bonds is 5. The van der Waals surface area contributed by atoms with E-state index in [-0.39, 0.29) is 23.9 Å². The Morgan fingerprint density at radius 2 is 2.05 bits per heavy atom. The zero-order valence-corrected chi connectivity index (χ0v) is 13.2. The van der Waals surface area contributed by atoms with Crippen molar-refractivity contribution in [2.24, 2.45) is 0 Å². The maximum atomic E-state index is 11.9. The van der Waals surface area contributed by atoms with Crippen LogP contribution in [0.2, 0.25) is 0 Å². The molecule has 2 aromatic heterocycles. The average Bonchev–Trinajstić information content (AvgIpc) is 2.49. The molecule has 2 rings (SSSR count). The summed E-state index contributed by atoms with van der Waals surface area (Å²) < 4.78 is 2.33. The fraction of sp³-hybridized carbons (Fsp3) is 0.267. The topological polar surface area (TPSA) is 64.0 Å². The van der Waals surface area contributed by atoms with Crippen LogP contribution in [0.3, 0.4) is 0 Å². The molecule has 0 saturated carbocycles. The monoisotopic (exact) mass is 349 g/mol. The molecule has 6 heteroatoms. The number of halogens is 1. The first-order valence-corrected chi connectivity index (χ1v) is 7.41. The van der Waals surface area contributed by atoms with E-state index in [4.69, 9.17) is 0 Å². The summed E-state index contributed by atoms with van der Waals surface area (Å²) >= 11 is 3.31. The molecule has 0 radical (unpaired) electrons. The van der Waals surface area contributed by atoms with Crippen molar-refractivity contribution in [1.82, 2.24) is 14.9 Å². The lowest BCUT2D eigenvalue weighted by atomic mass is 10.1. The van der Waals surface area contributed by atoms with Gasteiger partial charge >= 0.3 is 0 Å². The molecular weight excluding hydrogens is 334 g/mol. The molecule has 0 spiro atoms. The summed E-state index contributed by atoms with van der Waals surface area (Å²) in [6.45, 7) is 2.27. The van der Waals surface area contributed by atoms with Gasteiger partial charge in [-0.3, -0.25) is 14.6 Å². The van der Waals surface area contributed by atoms with Crippen LogP contribution >= 0.6 is 15.9 Å². The highest BCUT2D eigenvalue weighted by molar-refractivity contribution is 9.10. The highest BCUT2D eigenvalue weighted by Crippen LogP contribution is 2.10. The minimum absolute atomic E-state index is 0.0836. The lowest BCUT2D eigenvalue weighted by molar-refractivity contribution is -0.121. The number of nitrogens with zero attached hydrogens (tertiary/aromatic N) is 2. The molecule has 1 N–H and O–H groups in total. The molecule has 1 unspecified atom stereocenters. The molecule has 0 aliphatic heterocycles. The van der Waals surface area contributed by atoms with Crippen molar-refractivity contribution in [3.8, 4) is 0 Å². The summed E-state index contributed by atoms with van der Waals surface area (Å²) in [6, 6.07) is 6.80. The highest BCUT2D eigenvalue weighted by atomic mass is 79.9. The molecule has 0 aliphatic carbocycles. The lowest BCUT2D eigenvalue weighted by Gasteiger charge is -2.14. The Bertz CT molecular complexity index is 670. The molecule has 0 saturated heterocycles. The average molecular weight is 350 g/mol. The van der Waals surface area contributed by atoms with E-state index >= 15 is 0 Å². The van der Waals surface area contributed by atoms with Crippen LogP contribution in [0.15, 0.2) is 52.1 Å². The molecule has 0 aromatic carbocycles. The van der Waals surface area contributed by atoms with Gasteiger partial charge < -0.3 is 9.88 Å². The van der Waals surface area contributed by atoms with Crippen LogP contribution in [0.25, 0.3) is 0 Å². The molecule has 21 heavy (non-hydrogen) atoms. The van der Waals surface area contributed by atoms with Crippen molar-refractivity contribution in [2.45, 2.75) is 25.9 Å². The molecule has 5 nitrogen and oxygen atoms in total. The van der Waals surface area contributed by atoms with Crippen molar-refractivity contribution in [1.29, 1.82) is 0 Å². The van der Waals surface area contributed by atoms with Gasteiger partial charge in [0.1, 0.15) is 0 Å². The predicted molar refractivity (Wildman–Crippen MR) is 83.8 cm³/mol. The number of pyridine rings is 2. The first-order valence-electron chi connectivity index (χ1n) is 6.61. The van der Waals surface area contributed by atoms with E-state index in [1.807, 2.05) is 19.1 Å². The zero-order valence-electron chi connectivity index (χ0n) is 11.6. The number of hydrogen-bond acceptors (Lipinski definition) is 3. The van der Waals surface area contributed by atoms with Gasteiger partial charge in [-0.1, -0.05) is 0 Å². The number of hydrogen-bond donors (Lipinski definition) is 1. The largest absolute Gasteiger partial charge is 0.350 e. The Hall–Kier alpha value is -1.95. The van der Waals surface area contributed by atoms with Crippen LogP contribution in [0, 0.1) is 0 Å². The summed E-state index contributed by atoms with van der Waals surface area (Å²) in [4.78, 5) is 27.5. The second kappa shape index (κ2) is 7.17. The third kappa shape index (κ3) is 4.53. The third-order valence-corrected chi connectivity index (χ3v) is 3.58. The van der Waals surface area contributed by atoms with E-state index in [1.165, 1.54) is 10.6 Å².